The van der Waals surface area contributed by atoms with Crippen LogP contribution >= 0.6 is 11.6 Å². The predicted molar refractivity (Wildman–Crippen MR) is 139 cm³/mol. The lowest BCUT2D eigenvalue weighted by molar-refractivity contribution is 0.0254. The maximum Gasteiger partial charge on any atom is 0.344 e. The summed E-state index contributed by atoms with van der Waals surface area (Å²) in [5.41, 5.74) is 2.70. The van der Waals surface area contributed by atoms with Gasteiger partial charge in [-0.2, -0.15) is 4.68 Å². The Balaban J connectivity index is 1.20. The van der Waals surface area contributed by atoms with E-state index in [2.05, 4.69) is 25.7 Å². The fourth-order valence-electron chi connectivity index (χ4n) is 5.54. The Morgan fingerprint density at radius 2 is 1.86 bits per heavy atom. The van der Waals surface area contributed by atoms with E-state index in [1.165, 1.54) is 28.9 Å². The lowest BCUT2D eigenvalue weighted by Crippen LogP contribution is -2.49. The van der Waals surface area contributed by atoms with E-state index in [4.69, 9.17) is 16.3 Å². The average molecular weight is 537 g/mol. The summed E-state index contributed by atoms with van der Waals surface area (Å²) in [6.45, 7) is 7.10. The number of hydrogen-bond donors (Lipinski definition) is 1. The zero-order chi connectivity index (χ0) is 25.3. The number of ether oxygens (including phenoxy) is 1. The standard InChI is InChI=1S/C24H33ClN6O4S/c1-36(33,34)27-21-5-9-31(26-21)23(32)29-13-11-28(12-14-29)17-19-3-2-4-20(25)22(19)30-10-6-24(18-30)7-15-35-16-8-24/h2-5,9H,6-8,10-18H2,1H3,(H,26,27). The number of hydrogen-bond acceptors (Lipinski definition) is 7. The third-order valence-electron chi connectivity index (χ3n) is 7.49. The second-order valence-electron chi connectivity index (χ2n) is 10.1. The quantitative estimate of drug-likeness (QED) is 0.627. The minimum absolute atomic E-state index is 0.127. The second-order valence-corrected chi connectivity index (χ2v) is 12.3. The van der Waals surface area contributed by atoms with Gasteiger partial charge in [-0.15, -0.1) is 5.10 Å². The molecule has 0 saturated carbocycles. The lowest BCUT2D eigenvalue weighted by Gasteiger charge is -2.36. The molecule has 2 aromatic rings. The van der Waals surface area contributed by atoms with Gasteiger partial charge >= 0.3 is 6.03 Å². The average Bonchev–Trinajstić information content (AvgIpc) is 3.46. The Morgan fingerprint density at radius 3 is 2.58 bits per heavy atom. The van der Waals surface area contributed by atoms with Crippen LogP contribution in [0.15, 0.2) is 30.5 Å². The Hall–Kier alpha value is -2.34. The van der Waals surface area contributed by atoms with Crippen molar-refractivity contribution in [1.82, 2.24) is 19.6 Å². The third kappa shape index (κ3) is 5.64. The first-order chi connectivity index (χ1) is 17.2. The summed E-state index contributed by atoms with van der Waals surface area (Å²) in [5, 5.41) is 4.85. The first-order valence-corrected chi connectivity index (χ1v) is 14.6. The van der Waals surface area contributed by atoms with E-state index in [0.717, 1.165) is 75.7 Å². The van der Waals surface area contributed by atoms with Crippen molar-refractivity contribution in [3.8, 4) is 0 Å². The van der Waals surface area contributed by atoms with Crippen LogP contribution in [0.25, 0.3) is 0 Å². The normalized spacial score (nSPS) is 20.7. The van der Waals surface area contributed by atoms with E-state index in [0.29, 0.717) is 18.5 Å². The molecule has 0 atom stereocenters. The molecule has 36 heavy (non-hydrogen) atoms. The van der Waals surface area contributed by atoms with Gasteiger partial charge in [0, 0.05) is 71.3 Å². The van der Waals surface area contributed by atoms with E-state index in [1.807, 2.05) is 12.1 Å². The Morgan fingerprint density at radius 1 is 1.11 bits per heavy atom. The molecule has 0 unspecified atom stereocenters. The van der Waals surface area contributed by atoms with Crippen molar-refractivity contribution in [3.05, 3.63) is 41.0 Å². The molecule has 1 amide bonds. The molecular formula is C24H33ClN6O4S. The number of carbonyl (C=O) groups excluding carboxylic acids is 1. The van der Waals surface area contributed by atoms with Crippen molar-refractivity contribution < 1.29 is 17.9 Å². The van der Waals surface area contributed by atoms with Gasteiger partial charge in [-0.05, 0) is 36.3 Å². The van der Waals surface area contributed by atoms with Gasteiger partial charge in [-0.25, -0.2) is 13.2 Å². The lowest BCUT2D eigenvalue weighted by atomic mass is 9.80. The third-order valence-corrected chi connectivity index (χ3v) is 8.38. The van der Waals surface area contributed by atoms with Crippen molar-refractivity contribution in [1.29, 1.82) is 0 Å². The van der Waals surface area contributed by atoms with Crippen LogP contribution in [-0.2, 0) is 21.3 Å². The summed E-state index contributed by atoms with van der Waals surface area (Å²) in [7, 11) is -3.45. The van der Waals surface area contributed by atoms with Crippen LogP contribution in [0.4, 0.5) is 16.3 Å². The van der Waals surface area contributed by atoms with Crippen molar-refractivity contribution in [2.75, 3.05) is 68.4 Å². The molecule has 12 heteroatoms. The Kier molecular flexibility index (Phi) is 7.17. The topological polar surface area (TPSA) is 100 Å². The fraction of sp³-hybridized carbons (Fsp3) is 0.583. The summed E-state index contributed by atoms with van der Waals surface area (Å²) in [5.74, 6) is 0.127. The summed E-state index contributed by atoms with van der Waals surface area (Å²) in [6.07, 6.45) is 5.92. The van der Waals surface area contributed by atoms with Gasteiger partial charge in [0.1, 0.15) is 0 Å². The molecule has 1 aromatic heterocycles. The van der Waals surface area contributed by atoms with Gasteiger partial charge in [0.25, 0.3) is 0 Å². The minimum atomic E-state index is -3.45. The van der Waals surface area contributed by atoms with Gasteiger partial charge in [-0.3, -0.25) is 9.62 Å². The zero-order valence-corrected chi connectivity index (χ0v) is 22.1. The number of aromatic nitrogens is 2. The van der Waals surface area contributed by atoms with Crippen molar-refractivity contribution in [2.45, 2.75) is 25.8 Å². The molecule has 3 aliphatic rings. The van der Waals surface area contributed by atoms with Gasteiger partial charge < -0.3 is 14.5 Å². The molecule has 196 valence electrons. The molecule has 4 heterocycles. The number of piperazine rings is 1. The minimum Gasteiger partial charge on any atom is -0.381 e. The Bertz CT molecular complexity index is 1200. The number of para-hydroxylation sites is 1. The molecule has 0 bridgehead atoms. The highest BCUT2D eigenvalue weighted by Gasteiger charge is 2.40. The number of sulfonamides is 1. The highest BCUT2D eigenvalue weighted by atomic mass is 35.5. The molecule has 5 rings (SSSR count). The fourth-order valence-corrected chi connectivity index (χ4v) is 6.34. The highest BCUT2D eigenvalue weighted by molar-refractivity contribution is 7.92. The SMILES string of the molecule is CS(=O)(=O)Nc1ccn(C(=O)N2CCN(Cc3cccc(Cl)c3N3CCC4(CCOCC4)C3)CC2)n1. The van der Waals surface area contributed by atoms with Gasteiger partial charge in [0.05, 0.1) is 17.0 Å². The number of nitrogens with one attached hydrogen (secondary N) is 1. The number of benzene rings is 1. The van der Waals surface area contributed by atoms with Crippen LogP contribution in [0.5, 0.6) is 0 Å². The number of carbonyl (C=O) groups is 1. The van der Waals surface area contributed by atoms with Crippen molar-refractivity contribution in [2.24, 2.45) is 5.41 Å². The molecule has 0 aliphatic carbocycles. The summed E-state index contributed by atoms with van der Waals surface area (Å²) >= 11 is 6.74. The number of rotatable bonds is 5. The monoisotopic (exact) mass is 536 g/mol. The second kappa shape index (κ2) is 10.2. The van der Waals surface area contributed by atoms with Gasteiger partial charge in [0.2, 0.25) is 10.0 Å². The molecular weight excluding hydrogens is 504 g/mol. The summed E-state index contributed by atoms with van der Waals surface area (Å²) in [4.78, 5) is 19.4. The number of anilines is 2. The molecule has 10 nitrogen and oxygen atoms in total. The van der Waals surface area contributed by atoms with Crippen LogP contribution in [0.1, 0.15) is 24.8 Å². The van der Waals surface area contributed by atoms with E-state index in [-0.39, 0.29) is 11.8 Å². The van der Waals surface area contributed by atoms with Crippen molar-refractivity contribution in [3.63, 3.8) is 0 Å². The van der Waals surface area contributed by atoms with Crippen LogP contribution in [0, 0.1) is 5.41 Å². The number of amides is 1. The smallest absolute Gasteiger partial charge is 0.344 e. The zero-order valence-electron chi connectivity index (χ0n) is 20.5. The first-order valence-electron chi connectivity index (χ1n) is 12.4. The molecule has 1 aromatic carbocycles. The molecule has 3 aliphatic heterocycles. The largest absolute Gasteiger partial charge is 0.381 e. The van der Waals surface area contributed by atoms with Gasteiger partial charge in [0.15, 0.2) is 5.82 Å². The maximum absolute atomic E-state index is 12.9. The molecule has 3 saturated heterocycles. The van der Waals surface area contributed by atoms with Crippen LogP contribution in [-0.4, -0.2) is 92.8 Å². The van der Waals surface area contributed by atoms with Crippen LogP contribution < -0.4 is 9.62 Å². The van der Waals surface area contributed by atoms with Crippen LogP contribution in [0.3, 0.4) is 0 Å². The maximum atomic E-state index is 12.9. The van der Waals surface area contributed by atoms with E-state index >= 15 is 0 Å². The number of halogens is 1. The Labute approximate surface area is 217 Å². The first kappa shape index (κ1) is 25.3. The van der Waals surface area contributed by atoms with E-state index in [1.54, 1.807) is 4.90 Å². The summed E-state index contributed by atoms with van der Waals surface area (Å²) in [6, 6.07) is 7.36. The highest BCUT2D eigenvalue weighted by Crippen LogP contribution is 2.44. The molecule has 1 N–H and O–H groups in total. The van der Waals surface area contributed by atoms with E-state index in [9.17, 15) is 13.2 Å². The van der Waals surface area contributed by atoms with Crippen LogP contribution in [0.2, 0.25) is 5.02 Å². The van der Waals surface area contributed by atoms with Gasteiger partial charge in [-0.1, -0.05) is 23.7 Å². The molecule has 3 fully saturated rings. The number of nitrogens with zero attached hydrogens (tertiary/aromatic N) is 5. The summed E-state index contributed by atoms with van der Waals surface area (Å²) < 4.78 is 31.9. The van der Waals surface area contributed by atoms with Crippen molar-refractivity contribution >= 4 is 39.2 Å². The van der Waals surface area contributed by atoms with E-state index < -0.39 is 10.0 Å². The predicted octanol–water partition coefficient (Wildman–Crippen LogP) is 2.70. The molecule has 0 radical (unpaired) electrons. The molecule has 1 spiro atoms.